The molecule has 104 valence electrons. The van der Waals surface area contributed by atoms with Gasteiger partial charge >= 0.3 is 0 Å². The minimum absolute atomic E-state index is 0.719. The summed E-state index contributed by atoms with van der Waals surface area (Å²) in [6, 6.07) is 7.47. The summed E-state index contributed by atoms with van der Waals surface area (Å²) in [7, 11) is 0. The summed E-state index contributed by atoms with van der Waals surface area (Å²) in [4.78, 5) is 5.17. The molecular formula is C15H22BrN3. The van der Waals surface area contributed by atoms with E-state index in [1.165, 1.54) is 37.2 Å². The molecule has 0 atom stereocenters. The van der Waals surface area contributed by atoms with Crippen LogP contribution >= 0.6 is 15.9 Å². The Balaban J connectivity index is 1.72. The molecule has 3 nitrogen and oxygen atoms in total. The molecule has 4 heteroatoms. The SMILES string of the molecule is NCCc1ccc(Br)cc1N1CCN(C2CC2)CC1. The van der Waals surface area contributed by atoms with Gasteiger partial charge in [-0.25, -0.2) is 0 Å². The number of piperazine rings is 1. The topological polar surface area (TPSA) is 32.5 Å². The molecule has 0 unspecified atom stereocenters. The van der Waals surface area contributed by atoms with Crippen LogP contribution in [0, 0.1) is 0 Å². The molecule has 1 heterocycles. The second-order valence-electron chi connectivity index (χ2n) is 5.57. The van der Waals surface area contributed by atoms with Crippen molar-refractivity contribution in [3.63, 3.8) is 0 Å². The predicted molar refractivity (Wildman–Crippen MR) is 83.7 cm³/mol. The van der Waals surface area contributed by atoms with E-state index in [-0.39, 0.29) is 0 Å². The van der Waals surface area contributed by atoms with E-state index in [0.29, 0.717) is 0 Å². The minimum atomic E-state index is 0.719. The standard InChI is InChI=1S/C15H22BrN3/c16-13-2-1-12(5-6-17)15(11-13)19-9-7-18(8-10-19)14-3-4-14/h1-2,11,14H,3-10,17H2. The van der Waals surface area contributed by atoms with E-state index in [0.717, 1.165) is 36.6 Å². The Hall–Kier alpha value is -0.580. The average molecular weight is 324 g/mol. The van der Waals surface area contributed by atoms with Gasteiger partial charge < -0.3 is 10.6 Å². The van der Waals surface area contributed by atoms with Crippen molar-refractivity contribution in [3.8, 4) is 0 Å². The van der Waals surface area contributed by atoms with Gasteiger partial charge in [-0.1, -0.05) is 22.0 Å². The molecule has 19 heavy (non-hydrogen) atoms. The molecule has 1 saturated heterocycles. The van der Waals surface area contributed by atoms with Crippen LogP contribution in [0.3, 0.4) is 0 Å². The number of halogens is 1. The third-order valence-corrected chi connectivity index (χ3v) is 4.67. The molecule has 1 saturated carbocycles. The fourth-order valence-corrected chi connectivity index (χ4v) is 3.31. The summed E-state index contributed by atoms with van der Waals surface area (Å²) < 4.78 is 1.16. The molecule has 2 fully saturated rings. The predicted octanol–water partition coefficient (Wildman–Crippen LogP) is 2.23. The van der Waals surface area contributed by atoms with Gasteiger partial charge in [-0.15, -0.1) is 0 Å². The summed E-state index contributed by atoms with van der Waals surface area (Å²) >= 11 is 3.59. The van der Waals surface area contributed by atoms with Crippen molar-refractivity contribution < 1.29 is 0 Å². The number of nitrogens with zero attached hydrogens (tertiary/aromatic N) is 2. The zero-order valence-electron chi connectivity index (χ0n) is 11.3. The van der Waals surface area contributed by atoms with E-state index < -0.39 is 0 Å². The van der Waals surface area contributed by atoms with Crippen molar-refractivity contribution >= 4 is 21.6 Å². The summed E-state index contributed by atoms with van der Waals surface area (Å²) in [5.74, 6) is 0. The van der Waals surface area contributed by atoms with Gasteiger partial charge in [0.1, 0.15) is 0 Å². The van der Waals surface area contributed by atoms with Crippen LogP contribution in [0.15, 0.2) is 22.7 Å². The molecule has 1 aliphatic heterocycles. The van der Waals surface area contributed by atoms with Crippen LogP contribution in [-0.4, -0.2) is 43.7 Å². The maximum atomic E-state index is 5.73. The molecule has 0 spiro atoms. The summed E-state index contributed by atoms with van der Waals surface area (Å²) in [6.07, 6.45) is 3.79. The number of hydrogen-bond acceptors (Lipinski definition) is 3. The monoisotopic (exact) mass is 323 g/mol. The molecule has 0 radical (unpaired) electrons. The van der Waals surface area contributed by atoms with Crippen molar-refractivity contribution in [2.24, 2.45) is 5.73 Å². The van der Waals surface area contributed by atoms with E-state index in [4.69, 9.17) is 5.73 Å². The zero-order valence-corrected chi connectivity index (χ0v) is 12.9. The van der Waals surface area contributed by atoms with E-state index in [9.17, 15) is 0 Å². The molecule has 0 amide bonds. The van der Waals surface area contributed by atoms with Gasteiger partial charge in [-0.2, -0.15) is 0 Å². The lowest BCUT2D eigenvalue weighted by Gasteiger charge is -2.37. The highest BCUT2D eigenvalue weighted by Crippen LogP contribution is 2.30. The molecule has 0 bridgehead atoms. The third-order valence-electron chi connectivity index (χ3n) is 4.18. The zero-order chi connectivity index (χ0) is 13.2. The quantitative estimate of drug-likeness (QED) is 0.922. The largest absolute Gasteiger partial charge is 0.369 e. The first kappa shape index (κ1) is 13.4. The van der Waals surface area contributed by atoms with Gasteiger partial charge in [-0.3, -0.25) is 4.90 Å². The highest BCUT2D eigenvalue weighted by molar-refractivity contribution is 9.10. The third kappa shape index (κ3) is 3.12. The van der Waals surface area contributed by atoms with Crippen LogP contribution in [0.4, 0.5) is 5.69 Å². The van der Waals surface area contributed by atoms with Crippen molar-refractivity contribution in [3.05, 3.63) is 28.2 Å². The lowest BCUT2D eigenvalue weighted by molar-refractivity contribution is 0.248. The molecule has 1 aromatic carbocycles. The smallest absolute Gasteiger partial charge is 0.0411 e. The van der Waals surface area contributed by atoms with Crippen LogP contribution in [0.2, 0.25) is 0 Å². The van der Waals surface area contributed by atoms with Crippen molar-refractivity contribution in [2.75, 3.05) is 37.6 Å². The Morgan fingerprint density at radius 3 is 2.53 bits per heavy atom. The van der Waals surface area contributed by atoms with E-state index >= 15 is 0 Å². The van der Waals surface area contributed by atoms with Crippen LogP contribution in [0.1, 0.15) is 18.4 Å². The van der Waals surface area contributed by atoms with Crippen LogP contribution < -0.4 is 10.6 Å². The summed E-state index contributed by atoms with van der Waals surface area (Å²) in [5, 5.41) is 0. The Kier molecular flexibility index (Phi) is 4.10. The number of benzene rings is 1. The van der Waals surface area contributed by atoms with E-state index in [2.05, 4.69) is 43.9 Å². The lowest BCUT2D eigenvalue weighted by Crippen LogP contribution is -2.47. The van der Waals surface area contributed by atoms with Gasteiger partial charge in [0.05, 0.1) is 0 Å². The van der Waals surface area contributed by atoms with E-state index in [1.807, 2.05) is 0 Å². The average Bonchev–Trinajstić information content (AvgIpc) is 3.26. The fourth-order valence-electron chi connectivity index (χ4n) is 2.97. The Labute approximate surface area is 123 Å². The molecule has 1 aromatic rings. The van der Waals surface area contributed by atoms with Crippen molar-refractivity contribution in [2.45, 2.75) is 25.3 Å². The second kappa shape index (κ2) is 5.81. The first-order chi connectivity index (χ1) is 9.28. The van der Waals surface area contributed by atoms with Gasteiger partial charge in [0.25, 0.3) is 0 Å². The second-order valence-corrected chi connectivity index (χ2v) is 6.48. The van der Waals surface area contributed by atoms with Crippen LogP contribution in [0.5, 0.6) is 0 Å². The normalized spacial score (nSPS) is 20.8. The molecule has 3 rings (SSSR count). The van der Waals surface area contributed by atoms with Gasteiger partial charge in [-0.05, 0) is 43.5 Å². The Morgan fingerprint density at radius 2 is 1.89 bits per heavy atom. The van der Waals surface area contributed by atoms with Gasteiger partial charge in [0, 0.05) is 42.4 Å². The number of nitrogens with two attached hydrogens (primary N) is 1. The van der Waals surface area contributed by atoms with Crippen LogP contribution in [-0.2, 0) is 6.42 Å². The molecule has 2 N–H and O–H groups in total. The van der Waals surface area contributed by atoms with Crippen molar-refractivity contribution in [1.29, 1.82) is 0 Å². The van der Waals surface area contributed by atoms with E-state index in [1.54, 1.807) is 0 Å². The summed E-state index contributed by atoms with van der Waals surface area (Å²) in [6.45, 7) is 5.42. The Bertz CT molecular complexity index is 437. The minimum Gasteiger partial charge on any atom is -0.369 e. The molecular weight excluding hydrogens is 302 g/mol. The fraction of sp³-hybridized carbons (Fsp3) is 0.600. The highest BCUT2D eigenvalue weighted by atomic mass is 79.9. The lowest BCUT2D eigenvalue weighted by atomic mass is 10.1. The number of rotatable bonds is 4. The first-order valence-electron chi connectivity index (χ1n) is 7.25. The molecule has 2 aliphatic rings. The highest BCUT2D eigenvalue weighted by Gasteiger charge is 2.31. The van der Waals surface area contributed by atoms with Crippen LogP contribution in [0.25, 0.3) is 0 Å². The maximum Gasteiger partial charge on any atom is 0.0411 e. The first-order valence-corrected chi connectivity index (χ1v) is 8.05. The Morgan fingerprint density at radius 1 is 1.16 bits per heavy atom. The maximum absolute atomic E-state index is 5.73. The molecule has 0 aromatic heterocycles. The number of hydrogen-bond donors (Lipinski definition) is 1. The van der Waals surface area contributed by atoms with Crippen molar-refractivity contribution in [1.82, 2.24) is 4.90 Å². The summed E-state index contributed by atoms with van der Waals surface area (Å²) in [5.41, 5.74) is 8.48. The van der Waals surface area contributed by atoms with Gasteiger partial charge in [0.2, 0.25) is 0 Å². The van der Waals surface area contributed by atoms with Gasteiger partial charge in [0.15, 0.2) is 0 Å². The molecule has 1 aliphatic carbocycles. The number of anilines is 1.